The van der Waals surface area contributed by atoms with Crippen molar-refractivity contribution in [3.63, 3.8) is 0 Å². The molecule has 0 saturated heterocycles. The van der Waals surface area contributed by atoms with Gasteiger partial charge >= 0.3 is 5.97 Å². The Labute approximate surface area is 123 Å². The average molecular weight is 286 g/mol. The largest absolute Gasteiger partial charge is 0.488 e. The zero-order valence-corrected chi connectivity index (χ0v) is 12.1. The zero-order valence-electron chi connectivity index (χ0n) is 12.1. The molecule has 21 heavy (non-hydrogen) atoms. The van der Waals surface area contributed by atoms with Gasteiger partial charge in [-0.2, -0.15) is 0 Å². The second kappa shape index (κ2) is 5.72. The molecular formula is C17H18O4. The normalized spacial score (nSPS) is 20.2. The lowest BCUT2D eigenvalue weighted by molar-refractivity contribution is 0.0599. The van der Waals surface area contributed by atoms with Crippen LogP contribution >= 0.6 is 0 Å². The van der Waals surface area contributed by atoms with Crippen LogP contribution in [-0.4, -0.2) is 25.5 Å². The van der Waals surface area contributed by atoms with E-state index in [0.29, 0.717) is 22.8 Å². The first kappa shape index (κ1) is 13.9. The fourth-order valence-corrected chi connectivity index (χ4v) is 3.00. The molecule has 0 radical (unpaired) electrons. The first-order valence-corrected chi connectivity index (χ1v) is 7.29. The standard InChI is InChI=1S/C17H18O4/c1-20-17(19)12-6-7-14-15(9-12)21-10-13(16(14)18)8-11-4-2-3-5-11/h6-9,11H,2-5,10H2,1H3. The van der Waals surface area contributed by atoms with Crippen LogP contribution in [0.15, 0.2) is 29.8 Å². The van der Waals surface area contributed by atoms with Gasteiger partial charge in [0, 0.05) is 5.57 Å². The van der Waals surface area contributed by atoms with Crippen molar-refractivity contribution in [2.45, 2.75) is 25.7 Å². The molecule has 4 heteroatoms. The number of rotatable bonds is 2. The molecule has 0 amide bonds. The van der Waals surface area contributed by atoms with Crippen molar-refractivity contribution in [2.75, 3.05) is 13.7 Å². The number of allylic oxidation sites excluding steroid dienone is 1. The summed E-state index contributed by atoms with van der Waals surface area (Å²) >= 11 is 0. The van der Waals surface area contributed by atoms with Gasteiger partial charge in [0.05, 0.1) is 18.2 Å². The summed E-state index contributed by atoms with van der Waals surface area (Å²) in [5.74, 6) is 0.552. The number of ether oxygens (including phenoxy) is 2. The highest BCUT2D eigenvalue weighted by atomic mass is 16.5. The van der Waals surface area contributed by atoms with Crippen LogP contribution < -0.4 is 4.74 Å². The number of esters is 1. The third kappa shape index (κ3) is 2.71. The first-order valence-electron chi connectivity index (χ1n) is 7.29. The number of methoxy groups -OCH3 is 1. The highest BCUT2D eigenvalue weighted by molar-refractivity contribution is 6.12. The molecule has 0 N–H and O–H groups in total. The van der Waals surface area contributed by atoms with E-state index in [-0.39, 0.29) is 12.4 Å². The van der Waals surface area contributed by atoms with Crippen molar-refractivity contribution in [3.05, 3.63) is 41.0 Å². The van der Waals surface area contributed by atoms with Crippen LogP contribution in [-0.2, 0) is 4.74 Å². The minimum Gasteiger partial charge on any atom is -0.488 e. The summed E-state index contributed by atoms with van der Waals surface area (Å²) in [5.41, 5.74) is 1.66. The van der Waals surface area contributed by atoms with Crippen molar-refractivity contribution in [1.29, 1.82) is 0 Å². The van der Waals surface area contributed by atoms with Crippen LogP contribution in [0.5, 0.6) is 5.75 Å². The summed E-state index contributed by atoms with van der Waals surface area (Å²) in [6, 6.07) is 4.82. The maximum atomic E-state index is 12.5. The molecule has 1 fully saturated rings. The van der Waals surface area contributed by atoms with Crippen LogP contribution in [0.4, 0.5) is 0 Å². The topological polar surface area (TPSA) is 52.6 Å². The van der Waals surface area contributed by atoms with E-state index in [1.54, 1.807) is 18.2 Å². The number of ketones is 1. The molecule has 1 aliphatic heterocycles. The van der Waals surface area contributed by atoms with Gasteiger partial charge in [0.2, 0.25) is 0 Å². The molecule has 1 aromatic carbocycles. The van der Waals surface area contributed by atoms with Crippen molar-refractivity contribution < 1.29 is 19.1 Å². The maximum absolute atomic E-state index is 12.5. The van der Waals surface area contributed by atoms with Gasteiger partial charge in [-0.25, -0.2) is 4.79 Å². The highest BCUT2D eigenvalue weighted by Crippen LogP contribution is 2.32. The highest BCUT2D eigenvalue weighted by Gasteiger charge is 2.26. The molecule has 2 aliphatic rings. The molecule has 0 spiro atoms. The Morgan fingerprint density at radius 2 is 2.10 bits per heavy atom. The summed E-state index contributed by atoms with van der Waals surface area (Å²) in [4.78, 5) is 24.0. The van der Waals surface area contributed by atoms with Gasteiger partial charge in [-0.05, 0) is 37.0 Å². The Bertz CT molecular complexity index is 609. The van der Waals surface area contributed by atoms with Gasteiger partial charge in [-0.1, -0.05) is 18.9 Å². The fourth-order valence-electron chi connectivity index (χ4n) is 3.00. The smallest absolute Gasteiger partial charge is 0.337 e. The predicted molar refractivity (Wildman–Crippen MR) is 77.6 cm³/mol. The van der Waals surface area contributed by atoms with Crippen LogP contribution in [0.2, 0.25) is 0 Å². The minimum atomic E-state index is -0.429. The van der Waals surface area contributed by atoms with Crippen LogP contribution in [0.3, 0.4) is 0 Å². The molecule has 1 aliphatic carbocycles. The van der Waals surface area contributed by atoms with E-state index < -0.39 is 5.97 Å². The minimum absolute atomic E-state index is 0.0135. The average Bonchev–Trinajstić information content (AvgIpc) is 3.02. The third-order valence-corrected chi connectivity index (χ3v) is 4.16. The molecule has 0 atom stereocenters. The van der Waals surface area contributed by atoms with E-state index >= 15 is 0 Å². The lowest BCUT2D eigenvalue weighted by Gasteiger charge is -2.20. The molecule has 0 bridgehead atoms. The number of carbonyl (C=O) groups excluding carboxylic acids is 2. The Balaban J connectivity index is 1.86. The van der Waals surface area contributed by atoms with E-state index in [0.717, 1.165) is 18.4 Å². The van der Waals surface area contributed by atoms with E-state index in [2.05, 4.69) is 10.8 Å². The summed E-state index contributed by atoms with van der Waals surface area (Å²) in [6.45, 7) is 0.285. The first-order chi connectivity index (χ1) is 10.2. The number of benzene rings is 1. The maximum Gasteiger partial charge on any atom is 0.337 e. The quantitative estimate of drug-likeness (QED) is 0.619. The summed E-state index contributed by atoms with van der Waals surface area (Å²) in [6.07, 6.45) is 6.87. The Morgan fingerprint density at radius 1 is 1.33 bits per heavy atom. The molecule has 4 nitrogen and oxygen atoms in total. The second-order valence-corrected chi connectivity index (χ2v) is 5.56. The number of hydrogen-bond donors (Lipinski definition) is 0. The van der Waals surface area contributed by atoms with Crippen molar-refractivity contribution in [1.82, 2.24) is 0 Å². The summed E-state index contributed by atoms with van der Waals surface area (Å²) < 4.78 is 10.3. The zero-order chi connectivity index (χ0) is 14.8. The van der Waals surface area contributed by atoms with Gasteiger partial charge < -0.3 is 9.47 Å². The molecule has 0 aromatic heterocycles. The van der Waals surface area contributed by atoms with Gasteiger partial charge in [-0.3, -0.25) is 4.79 Å². The monoisotopic (exact) mass is 286 g/mol. The molecule has 1 aromatic rings. The Morgan fingerprint density at radius 3 is 2.81 bits per heavy atom. The van der Waals surface area contributed by atoms with Gasteiger partial charge in [0.15, 0.2) is 5.78 Å². The van der Waals surface area contributed by atoms with E-state index in [9.17, 15) is 9.59 Å². The SMILES string of the molecule is COC(=O)c1ccc2c(c1)OCC(=CC1CCCC1)C2=O. The second-order valence-electron chi connectivity index (χ2n) is 5.56. The van der Waals surface area contributed by atoms with Crippen molar-refractivity contribution in [2.24, 2.45) is 5.92 Å². The van der Waals surface area contributed by atoms with Crippen LogP contribution in [0, 0.1) is 5.92 Å². The van der Waals surface area contributed by atoms with E-state index in [1.807, 2.05) is 0 Å². The predicted octanol–water partition coefficient (Wildman–Crippen LogP) is 3.16. The number of hydrogen-bond acceptors (Lipinski definition) is 4. The fraction of sp³-hybridized carbons (Fsp3) is 0.412. The van der Waals surface area contributed by atoms with Crippen molar-refractivity contribution >= 4 is 11.8 Å². The van der Waals surface area contributed by atoms with Gasteiger partial charge in [0.1, 0.15) is 12.4 Å². The molecule has 1 heterocycles. The third-order valence-electron chi connectivity index (χ3n) is 4.16. The lowest BCUT2D eigenvalue weighted by Crippen LogP contribution is -2.20. The van der Waals surface area contributed by atoms with E-state index in [1.165, 1.54) is 20.0 Å². The Hall–Kier alpha value is -2.10. The molecule has 110 valence electrons. The summed E-state index contributed by atoms with van der Waals surface area (Å²) in [7, 11) is 1.33. The molecule has 0 unspecified atom stereocenters. The van der Waals surface area contributed by atoms with Gasteiger partial charge in [-0.15, -0.1) is 0 Å². The summed E-state index contributed by atoms with van der Waals surface area (Å²) in [5, 5.41) is 0. The number of Topliss-reactive ketones (excluding diaryl/α,β-unsaturated/α-hetero) is 1. The van der Waals surface area contributed by atoms with Crippen LogP contribution in [0.1, 0.15) is 46.4 Å². The lowest BCUT2D eigenvalue weighted by atomic mass is 9.95. The molecule has 1 saturated carbocycles. The molecule has 3 rings (SSSR count). The molecular weight excluding hydrogens is 268 g/mol. The van der Waals surface area contributed by atoms with Gasteiger partial charge in [0.25, 0.3) is 0 Å². The van der Waals surface area contributed by atoms with Crippen LogP contribution in [0.25, 0.3) is 0 Å². The number of fused-ring (bicyclic) bond motifs is 1. The Kier molecular flexibility index (Phi) is 3.78. The van der Waals surface area contributed by atoms with Crippen molar-refractivity contribution in [3.8, 4) is 5.75 Å². The van der Waals surface area contributed by atoms with E-state index in [4.69, 9.17) is 4.74 Å². The number of carbonyl (C=O) groups is 2.